The van der Waals surface area contributed by atoms with Gasteiger partial charge >= 0.3 is 0 Å². The number of thioether (sulfide) groups is 1. The summed E-state index contributed by atoms with van der Waals surface area (Å²) in [5, 5.41) is 4.40. The third-order valence-electron chi connectivity index (χ3n) is 3.44. The van der Waals surface area contributed by atoms with Crippen LogP contribution in [0.5, 0.6) is 0 Å². The van der Waals surface area contributed by atoms with Gasteiger partial charge in [0.15, 0.2) is 0 Å². The average molecular weight is 294 g/mol. The first kappa shape index (κ1) is 13.0. The van der Waals surface area contributed by atoms with Crippen molar-refractivity contribution in [3.63, 3.8) is 0 Å². The highest BCUT2D eigenvalue weighted by molar-refractivity contribution is 7.99. The van der Waals surface area contributed by atoms with Crippen molar-refractivity contribution in [3.05, 3.63) is 47.0 Å². The van der Waals surface area contributed by atoms with Crippen LogP contribution in [0.25, 0.3) is 0 Å². The van der Waals surface area contributed by atoms with Gasteiger partial charge in [-0.25, -0.2) is 4.98 Å². The summed E-state index contributed by atoms with van der Waals surface area (Å²) in [5.41, 5.74) is 1.32. The van der Waals surface area contributed by atoms with Gasteiger partial charge in [0, 0.05) is 35.4 Å². The molecule has 2 heterocycles. The van der Waals surface area contributed by atoms with Gasteiger partial charge in [0.2, 0.25) is 0 Å². The lowest BCUT2D eigenvalue weighted by Gasteiger charge is -2.26. The molecule has 1 aliphatic heterocycles. The third-order valence-corrected chi connectivity index (χ3v) is 4.80. The number of imidazole rings is 1. The zero-order valence-corrected chi connectivity index (χ0v) is 12.3. The standard InChI is InChI=1S/C14H16ClN3S/c1-18-6-5-16-14(18)9-17-12-4-7-19-13-3-2-10(15)8-11(12)13/h2-3,5-6,8,12,17H,4,7,9H2,1H3. The van der Waals surface area contributed by atoms with Gasteiger partial charge in [-0.3, -0.25) is 0 Å². The van der Waals surface area contributed by atoms with Crippen molar-refractivity contribution in [2.24, 2.45) is 7.05 Å². The minimum absolute atomic E-state index is 0.367. The minimum Gasteiger partial charge on any atom is -0.337 e. The van der Waals surface area contributed by atoms with Gasteiger partial charge in [-0.2, -0.15) is 0 Å². The van der Waals surface area contributed by atoms with Crippen LogP contribution in [0, 0.1) is 0 Å². The number of rotatable bonds is 3. The number of nitrogens with one attached hydrogen (secondary N) is 1. The lowest BCUT2D eigenvalue weighted by Crippen LogP contribution is -2.25. The zero-order valence-electron chi connectivity index (χ0n) is 10.8. The van der Waals surface area contributed by atoms with Crippen LogP contribution >= 0.6 is 23.4 Å². The molecule has 1 aromatic heterocycles. The highest BCUT2D eigenvalue weighted by Gasteiger charge is 2.20. The van der Waals surface area contributed by atoms with E-state index in [-0.39, 0.29) is 0 Å². The summed E-state index contributed by atoms with van der Waals surface area (Å²) >= 11 is 8.02. The summed E-state index contributed by atoms with van der Waals surface area (Å²) < 4.78 is 2.05. The van der Waals surface area contributed by atoms with Crippen molar-refractivity contribution in [1.29, 1.82) is 0 Å². The van der Waals surface area contributed by atoms with Gasteiger partial charge in [0.25, 0.3) is 0 Å². The molecule has 0 spiro atoms. The van der Waals surface area contributed by atoms with Gasteiger partial charge in [-0.1, -0.05) is 11.6 Å². The predicted octanol–water partition coefficient (Wildman–Crippen LogP) is 3.40. The topological polar surface area (TPSA) is 29.9 Å². The number of aromatic nitrogens is 2. The fraction of sp³-hybridized carbons (Fsp3) is 0.357. The van der Waals surface area contributed by atoms with Crippen LogP contribution < -0.4 is 5.32 Å². The second kappa shape index (κ2) is 5.57. The molecule has 5 heteroatoms. The van der Waals surface area contributed by atoms with E-state index in [1.165, 1.54) is 10.5 Å². The van der Waals surface area contributed by atoms with Crippen molar-refractivity contribution < 1.29 is 0 Å². The number of aryl methyl sites for hydroxylation is 1. The maximum absolute atomic E-state index is 6.11. The second-order valence-electron chi connectivity index (χ2n) is 4.71. The zero-order chi connectivity index (χ0) is 13.2. The molecule has 19 heavy (non-hydrogen) atoms. The van der Waals surface area contributed by atoms with E-state index in [1.54, 1.807) is 0 Å². The van der Waals surface area contributed by atoms with Crippen molar-refractivity contribution in [3.8, 4) is 0 Å². The molecule has 1 unspecified atom stereocenters. The molecule has 0 saturated carbocycles. The number of halogens is 1. The Morgan fingerprint density at radius 3 is 3.21 bits per heavy atom. The summed E-state index contributed by atoms with van der Waals surface area (Å²) in [7, 11) is 2.02. The molecule has 0 fully saturated rings. The Morgan fingerprint density at radius 1 is 1.53 bits per heavy atom. The lowest BCUT2D eigenvalue weighted by molar-refractivity contribution is 0.494. The van der Waals surface area contributed by atoms with Crippen LogP contribution in [0.4, 0.5) is 0 Å². The molecule has 1 N–H and O–H groups in total. The van der Waals surface area contributed by atoms with Crippen LogP contribution in [-0.4, -0.2) is 15.3 Å². The molecule has 3 rings (SSSR count). The Morgan fingerprint density at radius 2 is 2.42 bits per heavy atom. The Hall–Kier alpha value is -0.970. The summed E-state index contributed by atoms with van der Waals surface area (Å²) in [5.74, 6) is 2.20. The van der Waals surface area contributed by atoms with Crippen LogP contribution in [0.15, 0.2) is 35.5 Å². The normalized spacial score (nSPS) is 18.3. The molecule has 0 bridgehead atoms. The van der Waals surface area contributed by atoms with Crippen molar-refractivity contribution in [2.45, 2.75) is 23.9 Å². The van der Waals surface area contributed by atoms with Crippen LogP contribution in [0.2, 0.25) is 5.02 Å². The van der Waals surface area contributed by atoms with Gasteiger partial charge in [0.05, 0.1) is 6.54 Å². The predicted molar refractivity (Wildman–Crippen MR) is 79.6 cm³/mol. The summed E-state index contributed by atoms with van der Waals surface area (Å²) in [6.07, 6.45) is 4.93. The van der Waals surface area contributed by atoms with Gasteiger partial charge in [0.1, 0.15) is 5.82 Å². The Balaban J connectivity index is 1.76. The van der Waals surface area contributed by atoms with Crippen LogP contribution in [0.3, 0.4) is 0 Å². The first-order valence-electron chi connectivity index (χ1n) is 6.36. The van der Waals surface area contributed by atoms with Crippen LogP contribution in [-0.2, 0) is 13.6 Å². The number of hydrogen-bond donors (Lipinski definition) is 1. The van der Waals surface area contributed by atoms with Gasteiger partial charge in [-0.05, 0) is 35.9 Å². The molecule has 0 aliphatic carbocycles. The number of fused-ring (bicyclic) bond motifs is 1. The van der Waals surface area contributed by atoms with Gasteiger partial charge in [-0.15, -0.1) is 11.8 Å². The molecule has 3 nitrogen and oxygen atoms in total. The fourth-order valence-corrected chi connectivity index (χ4v) is 3.64. The quantitative estimate of drug-likeness (QED) is 0.941. The fourth-order valence-electron chi connectivity index (χ4n) is 2.36. The SMILES string of the molecule is Cn1ccnc1CNC1CCSc2ccc(Cl)cc21. The maximum Gasteiger partial charge on any atom is 0.122 e. The van der Waals surface area contributed by atoms with E-state index in [9.17, 15) is 0 Å². The molecule has 0 radical (unpaired) electrons. The molecule has 1 aliphatic rings. The first-order valence-corrected chi connectivity index (χ1v) is 7.72. The molecule has 0 saturated heterocycles. The third kappa shape index (κ3) is 2.81. The molecular formula is C14H16ClN3S. The largest absolute Gasteiger partial charge is 0.337 e. The summed E-state index contributed by atoms with van der Waals surface area (Å²) in [6, 6.07) is 6.54. The van der Waals surface area contributed by atoms with Crippen molar-refractivity contribution in [1.82, 2.24) is 14.9 Å². The lowest BCUT2D eigenvalue weighted by atomic mass is 10.0. The van der Waals surface area contributed by atoms with Crippen molar-refractivity contribution >= 4 is 23.4 Å². The highest BCUT2D eigenvalue weighted by Crippen LogP contribution is 2.37. The first-order chi connectivity index (χ1) is 9.24. The molecular weight excluding hydrogens is 278 g/mol. The Bertz CT molecular complexity index is 582. The van der Waals surface area contributed by atoms with E-state index in [1.807, 2.05) is 41.8 Å². The Kier molecular flexibility index (Phi) is 3.82. The van der Waals surface area contributed by atoms with E-state index in [4.69, 9.17) is 11.6 Å². The second-order valence-corrected chi connectivity index (χ2v) is 6.28. The molecule has 0 amide bonds. The molecule has 1 atom stereocenters. The molecule has 1 aromatic carbocycles. The average Bonchev–Trinajstić information content (AvgIpc) is 2.82. The maximum atomic E-state index is 6.11. The van der Waals surface area contributed by atoms with E-state index < -0.39 is 0 Å². The summed E-state index contributed by atoms with van der Waals surface area (Å²) in [4.78, 5) is 5.68. The number of hydrogen-bond acceptors (Lipinski definition) is 3. The smallest absolute Gasteiger partial charge is 0.122 e. The monoisotopic (exact) mass is 293 g/mol. The van der Waals surface area contributed by atoms with E-state index in [0.29, 0.717) is 6.04 Å². The summed E-state index contributed by atoms with van der Waals surface area (Å²) in [6.45, 7) is 0.783. The van der Waals surface area contributed by atoms with E-state index >= 15 is 0 Å². The van der Waals surface area contributed by atoms with Gasteiger partial charge < -0.3 is 9.88 Å². The number of nitrogens with zero attached hydrogens (tertiary/aromatic N) is 2. The minimum atomic E-state index is 0.367. The highest BCUT2D eigenvalue weighted by atomic mass is 35.5. The molecule has 100 valence electrons. The van der Waals surface area contributed by atoms with E-state index in [2.05, 4.69) is 22.4 Å². The van der Waals surface area contributed by atoms with Crippen LogP contribution in [0.1, 0.15) is 23.9 Å². The Labute approximate surface area is 122 Å². The van der Waals surface area contributed by atoms with E-state index in [0.717, 1.165) is 29.6 Å². The van der Waals surface area contributed by atoms with Crippen molar-refractivity contribution in [2.75, 3.05) is 5.75 Å². The molecule has 2 aromatic rings. The number of benzene rings is 1.